The predicted molar refractivity (Wildman–Crippen MR) is 89.3 cm³/mol. The van der Waals surface area contributed by atoms with Crippen molar-refractivity contribution in [3.05, 3.63) is 83.3 Å². The molecular weight excluding hydrogens is 305 g/mol. The van der Waals surface area contributed by atoms with Crippen LogP contribution < -0.4 is 5.32 Å². The SMILES string of the molecule is O=C1CC(c2ccccc2F)c2cnn(Cc3ccccc3)c2N1. The van der Waals surface area contributed by atoms with E-state index in [0.717, 1.165) is 11.1 Å². The first-order valence-electron chi connectivity index (χ1n) is 7.86. The van der Waals surface area contributed by atoms with E-state index in [1.165, 1.54) is 6.07 Å². The summed E-state index contributed by atoms with van der Waals surface area (Å²) in [5.74, 6) is -0.0626. The third-order valence-electron chi connectivity index (χ3n) is 4.35. The highest BCUT2D eigenvalue weighted by Crippen LogP contribution is 2.38. The zero-order chi connectivity index (χ0) is 16.5. The van der Waals surface area contributed by atoms with Crippen molar-refractivity contribution in [2.24, 2.45) is 0 Å². The molecule has 1 N–H and O–H groups in total. The topological polar surface area (TPSA) is 46.9 Å². The molecular formula is C19H16FN3O. The van der Waals surface area contributed by atoms with Gasteiger partial charge in [-0.15, -0.1) is 0 Å². The molecule has 3 aromatic rings. The molecule has 1 aliphatic rings. The lowest BCUT2D eigenvalue weighted by Gasteiger charge is -2.24. The molecule has 24 heavy (non-hydrogen) atoms. The fourth-order valence-electron chi connectivity index (χ4n) is 3.18. The van der Waals surface area contributed by atoms with E-state index in [9.17, 15) is 9.18 Å². The highest BCUT2D eigenvalue weighted by molar-refractivity contribution is 5.94. The summed E-state index contributed by atoms with van der Waals surface area (Å²) in [6.07, 6.45) is 1.96. The summed E-state index contributed by atoms with van der Waals surface area (Å²) >= 11 is 0. The van der Waals surface area contributed by atoms with Crippen molar-refractivity contribution < 1.29 is 9.18 Å². The molecule has 2 aromatic carbocycles. The number of hydrogen-bond donors (Lipinski definition) is 1. The normalized spacial score (nSPS) is 16.5. The Bertz CT molecular complexity index is 889. The maximum absolute atomic E-state index is 14.2. The van der Waals surface area contributed by atoms with Gasteiger partial charge in [0.1, 0.15) is 11.6 Å². The number of aromatic nitrogens is 2. The van der Waals surface area contributed by atoms with Gasteiger partial charge in [-0.25, -0.2) is 9.07 Å². The van der Waals surface area contributed by atoms with Gasteiger partial charge in [-0.05, 0) is 17.2 Å². The lowest BCUT2D eigenvalue weighted by atomic mass is 9.87. The van der Waals surface area contributed by atoms with Gasteiger partial charge in [0.2, 0.25) is 5.91 Å². The fourth-order valence-corrected chi connectivity index (χ4v) is 3.18. The fraction of sp³-hybridized carbons (Fsp3) is 0.158. The van der Waals surface area contributed by atoms with Crippen LogP contribution in [0.5, 0.6) is 0 Å². The van der Waals surface area contributed by atoms with Crippen LogP contribution in [0.2, 0.25) is 0 Å². The van der Waals surface area contributed by atoms with Gasteiger partial charge in [-0.1, -0.05) is 48.5 Å². The number of carbonyl (C=O) groups is 1. The summed E-state index contributed by atoms with van der Waals surface area (Å²) in [5, 5.41) is 7.30. The van der Waals surface area contributed by atoms with Gasteiger partial charge in [0.05, 0.1) is 12.7 Å². The van der Waals surface area contributed by atoms with Crippen LogP contribution >= 0.6 is 0 Å². The summed E-state index contributed by atoms with van der Waals surface area (Å²) in [5.41, 5.74) is 2.48. The van der Waals surface area contributed by atoms with Crippen LogP contribution in [0.15, 0.2) is 60.8 Å². The Morgan fingerprint density at radius 1 is 1.08 bits per heavy atom. The van der Waals surface area contributed by atoms with Crippen molar-refractivity contribution in [3.8, 4) is 0 Å². The van der Waals surface area contributed by atoms with Gasteiger partial charge in [-0.3, -0.25) is 4.79 Å². The van der Waals surface area contributed by atoms with Gasteiger partial charge in [0, 0.05) is 17.9 Å². The zero-order valence-electron chi connectivity index (χ0n) is 12.9. The van der Waals surface area contributed by atoms with Crippen LogP contribution in [-0.4, -0.2) is 15.7 Å². The van der Waals surface area contributed by atoms with E-state index in [4.69, 9.17) is 0 Å². The van der Waals surface area contributed by atoms with Crippen LogP contribution in [0.3, 0.4) is 0 Å². The maximum atomic E-state index is 14.2. The third-order valence-corrected chi connectivity index (χ3v) is 4.35. The second kappa shape index (κ2) is 5.92. The Kier molecular flexibility index (Phi) is 3.61. The number of rotatable bonds is 3. The van der Waals surface area contributed by atoms with E-state index in [0.29, 0.717) is 17.9 Å². The molecule has 1 unspecified atom stereocenters. The van der Waals surface area contributed by atoms with Gasteiger partial charge in [0.15, 0.2) is 0 Å². The van der Waals surface area contributed by atoms with Crippen LogP contribution in [0.25, 0.3) is 0 Å². The Hall–Kier alpha value is -2.95. The molecule has 120 valence electrons. The molecule has 1 amide bonds. The molecule has 2 heterocycles. The zero-order valence-corrected chi connectivity index (χ0v) is 12.9. The van der Waals surface area contributed by atoms with Crippen LogP contribution in [0, 0.1) is 5.82 Å². The summed E-state index contributed by atoms with van der Waals surface area (Å²) in [4.78, 5) is 12.1. The number of halogens is 1. The summed E-state index contributed by atoms with van der Waals surface area (Å²) in [6, 6.07) is 16.5. The first-order valence-corrected chi connectivity index (χ1v) is 7.86. The number of carbonyl (C=O) groups excluding carboxylic acids is 1. The lowest BCUT2D eigenvalue weighted by molar-refractivity contribution is -0.116. The first kappa shape index (κ1) is 14.6. The summed E-state index contributed by atoms with van der Waals surface area (Å²) < 4.78 is 15.9. The van der Waals surface area contributed by atoms with Crippen molar-refractivity contribution in [1.82, 2.24) is 9.78 Å². The molecule has 0 aliphatic carbocycles. The molecule has 4 nitrogen and oxygen atoms in total. The van der Waals surface area contributed by atoms with Crippen molar-refractivity contribution in [2.75, 3.05) is 5.32 Å². The van der Waals surface area contributed by atoms with Crippen molar-refractivity contribution in [3.63, 3.8) is 0 Å². The Labute approximate surface area is 138 Å². The number of benzene rings is 2. The number of anilines is 1. The van der Waals surface area contributed by atoms with Crippen LogP contribution in [0.4, 0.5) is 10.2 Å². The molecule has 0 bridgehead atoms. The molecule has 0 radical (unpaired) electrons. The molecule has 0 saturated carbocycles. The van der Waals surface area contributed by atoms with Gasteiger partial charge in [-0.2, -0.15) is 5.10 Å². The standard InChI is InChI=1S/C19H16FN3O/c20-17-9-5-4-8-14(17)15-10-18(24)22-19-16(15)11-21-23(19)12-13-6-2-1-3-7-13/h1-9,11,15H,10,12H2,(H,22,24). The number of fused-ring (bicyclic) bond motifs is 1. The van der Waals surface area contributed by atoms with E-state index < -0.39 is 0 Å². The monoisotopic (exact) mass is 321 g/mol. The van der Waals surface area contributed by atoms with E-state index in [1.807, 2.05) is 30.3 Å². The van der Waals surface area contributed by atoms with E-state index in [2.05, 4.69) is 10.4 Å². The predicted octanol–water partition coefficient (Wildman–Crippen LogP) is 3.54. The Balaban J connectivity index is 1.74. The summed E-state index contributed by atoms with van der Waals surface area (Å²) in [7, 11) is 0. The van der Waals surface area contributed by atoms with E-state index >= 15 is 0 Å². The number of nitrogens with zero attached hydrogens (tertiary/aromatic N) is 2. The molecule has 1 aliphatic heterocycles. The average molecular weight is 321 g/mol. The second-order valence-corrected chi connectivity index (χ2v) is 5.92. The quantitative estimate of drug-likeness (QED) is 0.802. The van der Waals surface area contributed by atoms with Gasteiger partial charge >= 0.3 is 0 Å². The van der Waals surface area contributed by atoms with E-state index in [-0.39, 0.29) is 24.1 Å². The molecule has 1 aromatic heterocycles. The van der Waals surface area contributed by atoms with Crippen LogP contribution in [-0.2, 0) is 11.3 Å². The molecule has 0 fully saturated rings. The number of amides is 1. The lowest BCUT2D eigenvalue weighted by Crippen LogP contribution is -2.25. The van der Waals surface area contributed by atoms with Crippen LogP contribution in [0.1, 0.15) is 29.0 Å². The largest absolute Gasteiger partial charge is 0.311 e. The smallest absolute Gasteiger partial charge is 0.226 e. The molecule has 4 rings (SSSR count). The number of nitrogens with one attached hydrogen (secondary N) is 1. The van der Waals surface area contributed by atoms with E-state index in [1.54, 1.807) is 29.1 Å². The molecule has 0 spiro atoms. The average Bonchev–Trinajstić information content (AvgIpc) is 2.98. The van der Waals surface area contributed by atoms with Crippen molar-refractivity contribution in [1.29, 1.82) is 0 Å². The van der Waals surface area contributed by atoms with Crippen molar-refractivity contribution in [2.45, 2.75) is 18.9 Å². The second-order valence-electron chi connectivity index (χ2n) is 5.92. The number of hydrogen-bond acceptors (Lipinski definition) is 2. The van der Waals surface area contributed by atoms with Gasteiger partial charge < -0.3 is 5.32 Å². The minimum atomic E-state index is -0.306. The molecule has 0 saturated heterocycles. The Morgan fingerprint density at radius 3 is 2.62 bits per heavy atom. The highest BCUT2D eigenvalue weighted by Gasteiger charge is 2.31. The molecule has 5 heteroatoms. The van der Waals surface area contributed by atoms with Crippen molar-refractivity contribution >= 4 is 11.7 Å². The Morgan fingerprint density at radius 2 is 1.83 bits per heavy atom. The minimum Gasteiger partial charge on any atom is -0.311 e. The first-order chi connectivity index (χ1) is 11.7. The van der Waals surface area contributed by atoms with Gasteiger partial charge in [0.25, 0.3) is 0 Å². The maximum Gasteiger partial charge on any atom is 0.226 e. The third kappa shape index (κ3) is 2.58. The molecule has 1 atom stereocenters. The minimum absolute atomic E-state index is 0.120. The summed E-state index contributed by atoms with van der Waals surface area (Å²) in [6.45, 7) is 0.556. The highest BCUT2D eigenvalue weighted by atomic mass is 19.1.